The quantitative estimate of drug-likeness (QED) is 0.521. The number of amides is 1. The van der Waals surface area contributed by atoms with E-state index in [4.69, 9.17) is 4.74 Å². The highest BCUT2D eigenvalue weighted by atomic mass is 79.9. The van der Waals surface area contributed by atoms with Crippen molar-refractivity contribution in [1.29, 1.82) is 0 Å². The van der Waals surface area contributed by atoms with Gasteiger partial charge >= 0.3 is 0 Å². The molecule has 0 unspecified atom stereocenters. The Bertz CT molecular complexity index is 1010. The Kier molecular flexibility index (Phi) is 6.54. The molecule has 0 N–H and O–H groups in total. The lowest BCUT2D eigenvalue weighted by atomic mass is 10.2. The fraction of sp³-hybridized carbons (Fsp3) is 0.333. The summed E-state index contributed by atoms with van der Waals surface area (Å²) < 4.78 is 20.5. The van der Waals surface area contributed by atoms with Crippen molar-refractivity contribution in [2.24, 2.45) is 0 Å². The zero-order valence-electron chi connectivity index (χ0n) is 15.8. The predicted octanol–water partition coefficient (Wildman–Crippen LogP) is 4.57. The van der Waals surface area contributed by atoms with E-state index >= 15 is 0 Å². The lowest BCUT2D eigenvalue weighted by Gasteiger charge is -2.27. The van der Waals surface area contributed by atoms with E-state index in [1.807, 2.05) is 18.2 Å². The van der Waals surface area contributed by atoms with Gasteiger partial charge in [-0.05, 0) is 52.7 Å². The number of aromatic nitrogens is 1. The third-order valence-electron chi connectivity index (χ3n) is 4.88. The number of morpholine rings is 1. The first-order valence-corrected chi connectivity index (χ1v) is 11.2. The van der Waals surface area contributed by atoms with Crippen LogP contribution in [0.25, 0.3) is 10.2 Å². The summed E-state index contributed by atoms with van der Waals surface area (Å²) in [7, 11) is 0. The van der Waals surface area contributed by atoms with Gasteiger partial charge < -0.3 is 4.74 Å². The summed E-state index contributed by atoms with van der Waals surface area (Å²) in [4.78, 5) is 22.0. The number of thiazole rings is 1. The summed E-state index contributed by atoms with van der Waals surface area (Å²) in [6.07, 6.45) is 0.820. The average Bonchev–Trinajstić information content (AvgIpc) is 3.14. The number of ether oxygens (including phenoxy) is 1. The third kappa shape index (κ3) is 4.83. The van der Waals surface area contributed by atoms with E-state index in [1.165, 1.54) is 23.5 Å². The first kappa shape index (κ1) is 20.4. The SMILES string of the molecule is O=C(c1ccccc1Br)N(CCCN1CCOCC1)c1nc2ccc(F)cc2s1. The maximum atomic E-state index is 13.6. The number of fused-ring (bicyclic) bond motifs is 1. The minimum Gasteiger partial charge on any atom is -0.379 e. The van der Waals surface area contributed by atoms with E-state index in [1.54, 1.807) is 17.0 Å². The third-order valence-corrected chi connectivity index (χ3v) is 6.61. The molecule has 4 rings (SSSR count). The van der Waals surface area contributed by atoms with Crippen LogP contribution in [-0.2, 0) is 4.74 Å². The van der Waals surface area contributed by atoms with Gasteiger partial charge in [-0.2, -0.15) is 0 Å². The Labute approximate surface area is 181 Å². The van der Waals surface area contributed by atoms with Gasteiger partial charge in [-0.15, -0.1) is 0 Å². The molecular formula is C21H21BrFN3O2S. The number of benzene rings is 2. The van der Waals surface area contributed by atoms with Gasteiger partial charge in [0.25, 0.3) is 5.91 Å². The second-order valence-electron chi connectivity index (χ2n) is 6.85. The highest BCUT2D eigenvalue weighted by Gasteiger charge is 2.23. The molecule has 1 aliphatic rings. The van der Waals surface area contributed by atoms with Crippen LogP contribution in [-0.4, -0.2) is 55.2 Å². The minimum absolute atomic E-state index is 0.112. The zero-order chi connectivity index (χ0) is 20.2. The van der Waals surface area contributed by atoms with Crippen LogP contribution in [0, 0.1) is 5.82 Å². The predicted molar refractivity (Wildman–Crippen MR) is 117 cm³/mol. The first-order valence-electron chi connectivity index (χ1n) is 9.54. The second kappa shape index (κ2) is 9.30. The highest BCUT2D eigenvalue weighted by molar-refractivity contribution is 9.10. The average molecular weight is 478 g/mol. The van der Waals surface area contributed by atoms with Gasteiger partial charge in [0.1, 0.15) is 5.82 Å². The molecule has 0 aliphatic carbocycles. The molecule has 0 bridgehead atoms. The molecule has 5 nitrogen and oxygen atoms in total. The number of carbonyl (C=O) groups is 1. The number of hydrogen-bond acceptors (Lipinski definition) is 5. The van der Waals surface area contributed by atoms with E-state index in [0.717, 1.165) is 48.4 Å². The van der Waals surface area contributed by atoms with Crippen molar-refractivity contribution < 1.29 is 13.9 Å². The van der Waals surface area contributed by atoms with Crippen LogP contribution in [0.2, 0.25) is 0 Å². The molecule has 1 fully saturated rings. The van der Waals surface area contributed by atoms with Gasteiger partial charge in [-0.1, -0.05) is 23.5 Å². The van der Waals surface area contributed by atoms with Crippen molar-refractivity contribution in [2.75, 3.05) is 44.3 Å². The molecular weight excluding hydrogens is 457 g/mol. The monoisotopic (exact) mass is 477 g/mol. The largest absolute Gasteiger partial charge is 0.379 e. The van der Waals surface area contributed by atoms with Crippen LogP contribution in [0.15, 0.2) is 46.9 Å². The van der Waals surface area contributed by atoms with E-state index < -0.39 is 0 Å². The molecule has 1 aliphatic heterocycles. The van der Waals surface area contributed by atoms with Crippen LogP contribution < -0.4 is 4.90 Å². The second-order valence-corrected chi connectivity index (χ2v) is 8.72. The topological polar surface area (TPSA) is 45.7 Å². The van der Waals surface area contributed by atoms with Gasteiger partial charge in [0.2, 0.25) is 0 Å². The van der Waals surface area contributed by atoms with E-state index in [2.05, 4.69) is 25.8 Å². The molecule has 1 saturated heterocycles. The maximum absolute atomic E-state index is 13.6. The molecule has 0 atom stereocenters. The molecule has 1 aromatic heterocycles. The summed E-state index contributed by atoms with van der Waals surface area (Å²) >= 11 is 4.82. The van der Waals surface area contributed by atoms with Gasteiger partial charge in [0, 0.05) is 30.7 Å². The van der Waals surface area contributed by atoms with Crippen molar-refractivity contribution in [2.45, 2.75) is 6.42 Å². The molecule has 29 heavy (non-hydrogen) atoms. The summed E-state index contributed by atoms with van der Waals surface area (Å²) in [6, 6.07) is 11.9. The van der Waals surface area contributed by atoms with Gasteiger partial charge in [-0.25, -0.2) is 9.37 Å². The summed E-state index contributed by atoms with van der Waals surface area (Å²) in [5, 5.41) is 0.591. The van der Waals surface area contributed by atoms with Gasteiger partial charge in [-0.3, -0.25) is 14.6 Å². The van der Waals surface area contributed by atoms with E-state index in [-0.39, 0.29) is 11.7 Å². The Morgan fingerprint density at radius 2 is 2.03 bits per heavy atom. The van der Waals surface area contributed by atoms with Crippen molar-refractivity contribution in [1.82, 2.24) is 9.88 Å². The smallest absolute Gasteiger partial charge is 0.261 e. The lowest BCUT2D eigenvalue weighted by molar-refractivity contribution is 0.0376. The van der Waals surface area contributed by atoms with Gasteiger partial charge in [0.15, 0.2) is 5.13 Å². The fourth-order valence-corrected chi connectivity index (χ4v) is 4.81. The molecule has 3 aromatic rings. The summed E-state index contributed by atoms with van der Waals surface area (Å²) in [5.74, 6) is -0.414. The highest BCUT2D eigenvalue weighted by Crippen LogP contribution is 2.31. The van der Waals surface area contributed by atoms with Crippen LogP contribution in [0.1, 0.15) is 16.8 Å². The number of carbonyl (C=O) groups excluding carboxylic acids is 1. The molecule has 0 radical (unpaired) electrons. The minimum atomic E-state index is -0.302. The molecule has 0 spiro atoms. The number of rotatable bonds is 6. The molecule has 2 heterocycles. The Balaban J connectivity index is 1.58. The molecule has 2 aromatic carbocycles. The van der Waals surface area contributed by atoms with Crippen molar-refractivity contribution in [3.63, 3.8) is 0 Å². The number of halogens is 2. The Hall–Kier alpha value is -1.87. The van der Waals surface area contributed by atoms with E-state index in [9.17, 15) is 9.18 Å². The van der Waals surface area contributed by atoms with Crippen LogP contribution in [0.3, 0.4) is 0 Å². The first-order chi connectivity index (χ1) is 14.1. The van der Waals surface area contributed by atoms with Crippen molar-refractivity contribution >= 4 is 48.5 Å². The normalized spacial score (nSPS) is 15.0. The van der Waals surface area contributed by atoms with Crippen molar-refractivity contribution in [3.8, 4) is 0 Å². The maximum Gasteiger partial charge on any atom is 0.261 e. The molecule has 1 amide bonds. The lowest BCUT2D eigenvalue weighted by Crippen LogP contribution is -2.39. The molecule has 152 valence electrons. The summed E-state index contributed by atoms with van der Waals surface area (Å²) in [6.45, 7) is 4.77. The van der Waals surface area contributed by atoms with E-state index in [0.29, 0.717) is 22.8 Å². The number of anilines is 1. The van der Waals surface area contributed by atoms with Crippen LogP contribution in [0.4, 0.5) is 9.52 Å². The van der Waals surface area contributed by atoms with Crippen molar-refractivity contribution in [3.05, 3.63) is 58.3 Å². The number of hydrogen-bond donors (Lipinski definition) is 0. The Morgan fingerprint density at radius 1 is 1.24 bits per heavy atom. The van der Waals surface area contributed by atoms with Crippen LogP contribution >= 0.6 is 27.3 Å². The van der Waals surface area contributed by atoms with Gasteiger partial charge in [0.05, 0.1) is 29.0 Å². The molecule has 0 saturated carbocycles. The summed E-state index contributed by atoms with van der Waals surface area (Å²) in [5.41, 5.74) is 1.29. The fourth-order valence-electron chi connectivity index (χ4n) is 3.34. The van der Waals surface area contributed by atoms with Crippen LogP contribution in [0.5, 0.6) is 0 Å². The Morgan fingerprint density at radius 3 is 2.83 bits per heavy atom. The number of nitrogens with zero attached hydrogens (tertiary/aromatic N) is 3. The zero-order valence-corrected chi connectivity index (χ0v) is 18.2. The standard InChI is InChI=1S/C21H21BrFN3O2S/c22-17-5-2-1-4-16(17)20(27)26(9-3-8-25-10-12-28-13-11-25)21-24-18-7-6-15(23)14-19(18)29-21/h1-2,4-7,14H,3,8-13H2. The molecule has 8 heteroatoms.